The molecular formula is C12H15N3O3. The van der Waals surface area contributed by atoms with Crippen molar-refractivity contribution in [3.63, 3.8) is 0 Å². The van der Waals surface area contributed by atoms with Crippen LogP contribution in [0.25, 0.3) is 0 Å². The first-order chi connectivity index (χ1) is 8.58. The monoisotopic (exact) mass is 249 g/mol. The number of ether oxygens (including phenoxy) is 1. The van der Waals surface area contributed by atoms with Crippen molar-refractivity contribution in [2.24, 2.45) is 0 Å². The van der Waals surface area contributed by atoms with Crippen molar-refractivity contribution in [1.82, 2.24) is 14.8 Å². The van der Waals surface area contributed by atoms with Gasteiger partial charge in [0.2, 0.25) is 11.8 Å². The fourth-order valence-electron chi connectivity index (χ4n) is 1.60. The van der Waals surface area contributed by atoms with E-state index in [0.717, 1.165) is 4.90 Å². The molecule has 2 heterocycles. The molecule has 3 amide bonds. The fraction of sp³-hybridized carbons (Fsp3) is 0.417. The number of hydrogen-bond donors (Lipinski definition) is 0. The number of carbonyl (C=O) groups is 2. The molecule has 0 spiro atoms. The molecule has 0 saturated carbocycles. The first-order valence-corrected chi connectivity index (χ1v) is 5.69. The highest BCUT2D eigenvalue weighted by Gasteiger charge is 2.34. The Morgan fingerprint density at radius 3 is 2.72 bits per heavy atom. The molecule has 18 heavy (non-hydrogen) atoms. The Bertz CT molecular complexity index is 443. The quantitative estimate of drug-likeness (QED) is 0.775. The molecule has 0 aromatic carbocycles. The molecule has 1 aliphatic rings. The molecule has 0 radical (unpaired) electrons. The standard InChI is InChI=1S/C12H15N3O3/c1-9(16)14(2)12(17)15-7-10(8-15)18-11-5-3-4-6-13-11/h3-6,10H,7-8H2,1-2H3. The lowest BCUT2D eigenvalue weighted by molar-refractivity contribution is -0.125. The van der Waals surface area contributed by atoms with Crippen molar-refractivity contribution >= 4 is 11.9 Å². The molecule has 1 saturated heterocycles. The van der Waals surface area contributed by atoms with E-state index in [2.05, 4.69) is 4.98 Å². The number of pyridine rings is 1. The van der Waals surface area contributed by atoms with Crippen LogP contribution in [0.15, 0.2) is 24.4 Å². The summed E-state index contributed by atoms with van der Waals surface area (Å²) in [5.74, 6) is 0.281. The average Bonchev–Trinajstić information content (AvgIpc) is 2.32. The van der Waals surface area contributed by atoms with Crippen molar-refractivity contribution < 1.29 is 14.3 Å². The molecule has 6 nitrogen and oxygen atoms in total. The van der Waals surface area contributed by atoms with Gasteiger partial charge in [0.15, 0.2) is 0 Å². The number of hydrogen-bond acceptors (Lipinski definition) is 4. The Morgan fingerprint density at radius 1 is 1.44 bits per heavy atom. The number of amides is 3. The number of aromatic nitrogens is 1. The fourth-order valence-corrected chi connectivity index (χ4v) is 1.60. The van der Waals surface area contributed by atoms with Crippen molar-refractivity contribution in [3.8, 4) is 5.88 Å². The highest BCUT2D eigenvalue weighted by Crippen LogP contribution is 2.16. The third kappa shape index (κ3) is 2.58. The highest BCUT2D eigenvalue weighted by atomic mass is 16.5. The predicted molar refractivity (Wildman–Crippen MR) is 64.1 cm³/mol. The van der Waals surface area contributed by atoms with Gasteiger partial charge in [0.1, 0.15) is 6.10 Å². The van der Waals surface area contributed by atoms with Crippen molar-refractivity contribution in [1.29, 1.82) is 0 Å². The van der Waals surface area contributed by atoms with Crippen LogP contribution in [0.2, 0.25) is 0 Å². The van der Waals surface area contributed by atoms with Crippen LogP contribution in [0, 0.1) is 0 Å². The van der Waals surface area contributed by atoms with E-state index in [0.29, 0.717) is 19.0 Å². The van der Waals surface area contributed by atoms with E-state index < -0.39 is 0 Å². The lowest BCUT2D eigenvalue weighted by Gasteiger charge is -2.39. The van der Waals surface area contributed by atoms with Gasteiger partial charge >= 0.3 is 6.03 Å². The molecule has 1 aromatic heterocycles. The minimum absolute atomic E-state index is 0.0517. The summed E-state index contributed by atoms with van der Waals surface area (Å²) in [7, 11) is 1.47. The van der Waals surface area contributed by atoms with E-state index in [1.54, 1.807) is 17.2 Å². The van der Waals surface area contributed by atoms with Gasteiger partial charge in [0.05, 0.1) is 13.1 Å². The van der Waals surface area contributed by atoms with Crippen LogP contribution in [0.5, 0.6) is 5.88 Å². The van der Waals surface area contributed by atoms with Gasteiger partial charge in [-0.2, -0.15) is 0 Å². The van der Waals surface area contributed by atoms with Crippen molar-refractivity contribution in [2.45, 2.75) is 13.0 Å². The smallest absolute Gasteiger partial charge is 0.326 e. The van der Waals surface area contributed by atoms with Gasteiger partial charge in [-0.1, -0.05) is 6.07 Å². The average molecular weight is 249 g/mol. The lowest BCUT2D eigenvalue weighted by Crippen LogP contribution is -2.59. The van der Waals surface area contributed by atoms with Gasteiger partial charge in [0, 0.05) is 26.2 Å². The van der Waals surface area contributed by atoms with Gasteiger partial charge in [0.25, 0.3) is 0 Å². The number of urea groups is 1. The summed E-state index contributed by atoms with van der Waals surface area (Å²) in [6.07, 6.45) is 1.60. The van der Waals surface area contributed by atoms with E-state index in [1.807, 2.05) is 12.1 Å². The van der Waals surface area contributed by atoms with E-state index in [1.165, 1.54) is 14.0 Å². The summed E-state index contributed by atoms with van der Waals surface area (Å²) in [4.78, 5) is 29.5. The maximum absolute atomic E-state index is 11.7. The van der Waals surface area contributed by atoms with Crippen LogP contribution in [0.3, 0.4) is 0 Å². The molecule has 1 aliphatic heterocycles. The SMILES string of the molecule is CC(=O)N(C)C(=O)N1CC(Oc2ccccn2)C1. The van der Waals surface area contributed by atoms with Crippen LogP contribution in [0.1, 0.15) is 6.92 Å². The zero-order chi connectivity index (χ0) is 13.1. The molecular weight excluding hydrogens is 234 g/mol. The van der Waals surface area contributed by atoms with Gasteiger partial charge < -0.3 is 9.64 Å². The van der Waals surface area contributed by atoms with E-state index in [-0.39, 0.29) is 18.0 Å². The third-order valence-corrected chi connectivity index (χ3v) is 2.80. The Morgan fingerprint density at radius 2 is 2.17 bits per heavy atom. The summed E-state index contributed by atoms with van der Waals surface area (Å²) in [6.45, 7) is 2.32. The zero-order valence-corrected chi connectivity index (χ0v) is 10.4. The number of imide groups is 1. The molecule has 96 valence electrons. The predicted octanol–water partition coefficient (Wildman–Crippen LogP) is 0.743. The van der Waals surface area contributed by atoms with E-state index in [9.17, 15) is 9.59 Å². The molecule has 1 fully saturated rings. The number of carbonyl (C=O) groups excluding carboxylic acids is 2. The Labute approximate surface area is 105 Å². The second kappa shape index (κ2) is 5.03. The largest absolute Gasteiger partial charge is 0.471 e. The molecule has 0 aliphatic carbocycles. The maximum atomic E-state index is 11.7. The third-order valence-electron chi connectivity index (χ3n) is 2.80. The van der Waals surface area contributed by atoms with Gasteiger partial charge in [-0.15, -0.1) is 0 Å². The highest BCUT2D eigenvalue weighted by molar-refractivity contribution is 5.93. The second-order valence-corrected chi connectivity index (χ2v) is 4.17. The second-order valence-electron chi connectivity index (χ2n) is 4.17. The topological polar surface area (TPSA) is 62.7 Å². The summed E-state index contributed by atoms with van der Waals surface area (Å²) >= 11 is 0. The zero-order valence-electron chi connectivity index (χ0n) is 10.4. The molecule has 0 unspecified atom stereocenters. The van der Waals surface area contributed by atoms with Crippen LogP contribution in [-0.2, 0) is 4.79 Å². The molecule has 1 aromatic rings. The molecule has 0 bridgehead atoms. The van der Waals surface area contributed by atoms with E-state index >= 15 is 0 Å². The Hall–Kier alpha value is -2.11. The minimum Gasteiger partial charge on any atom is -0.471 e. The summed E-state index contributed by atoms with van der Waals surface area (Å²) in [6, 6.07) is 5.13. The molecule has 0 N–H and O–H groups in total. The summed E-state index contributed by atoms with van der Waals surface area (Å²) < 4.78 is 5.56. The van der Waals surface area contributed by atoms with Gasteiger partial charge in [-0.25, -0.2) is 9.78 Å². The van der Waals surface area contributed by atoms with Crippen molar-refractivity contribution in [3.05, 3.63) is 24.4 Å². The summed E-state index contributed by atoms with van der Waals surface area (Å²) in [5.41, 5.74) is 0. The molecule has 6 heteroatoms. The first-order valence-electron chi connectivity index (χ1n) is 5.69. The number of likely N-dealkylation sites (tertiary alicyclic amines) is 1. The maximum Gasteiger partial charge on any atom is 0.326 e. The Kier molecular flexibility index (Phi) is 3.45. The van der Waals surface area contributed by atoms with Gasteiger partial charge in [-0.05, 0) is 6.07 Å². The van der Waals surface area contributed by atoms with Crippen LogP contribution in [-0.4, -0.2) is 53.0 Å². The normalized spacial score (nSPS) is 14.9. The number of rotatable bonds is 2. The molecule has 2 rings (SSSR count). The minimum atomic E-state index is -0.289. The van der Waals surface area contributed by atoms with Crippen molar-refractivity contribution in [2.75, 3.05) is 20.1 Å². The molecule has 0 atom stereocenters. The van der Waals surface area contributed by atoms with Gasteiger partial charge in [-0.3, -0.25) is 9.69 Å². The first kappa shape index (κ1) is 12.3. The number of nitrogens with zero attached hydrogens (tertiary/aromatic N) is 3. The van der Waals surface area contributed by atoms with Crippen LogP contribution in [0.4, 0.5) is 4.79 Å². The summed E-state index contributed by atoms with van der Waals surface area (Å²) in [5, 5.41) is 0. The Balaban J connectivity index is 1.81. The van der Waals surface area contributed by atoms with Crippen LogP contribution < -0.4 is 4.74 Å². The lowest BCUT2D eigenvalue weighted by atomic mass is 10.2. The van der Waals surface area contributed by atoms with E-state index in [4.69, 9.17) is 4.74 Å². The van der Waals surface area contributed by atoms with Crippen LogP contribution >= 0.6 is 0 Å².